The number of hydrogen-bond donors (Lipinski definition) is 1. The van der Waals surface area contributed by atoms with Crippen molar-refractivity contribution in [2.24, 2.45) is 0 Å². The van der Waals surface area contributed by atoms with E-state index in [1.54, 1.807) is 26.0 Å². The van der Waals surface area contributed by atoms with Gasteiger partial charge in [0, 0.05) is 10.4 Å². The molecule has 0 saturated heterocycles. The first kappa shape index (κ1) is 18.3. The van der Waals surface area contributed by atoms with Crippen molar-refractivity contribution in [3.8, 4) is 11.5 Å². The van der Waals surface area contributed by atoms with Crippen LogP contribution in [0.1, 0.15) is 18.7 Å². The summed E-state index contributed by atoms with van der Waals surface area (Å²) >= 11 is 1.49. The monoisotopic (exact) mass is 391 g/mol. The quantitative estimate of drug-likeness (QED) is 0.692. The number of rotatable bonds is 6. The second-order valence-electron chi connectivity index (χ2n) is 5.83. The van der Waals surface area contributed by atoms with E-state index in [1.807, 2.05) is 17.5 Å². The SMILES string of the molecule is CC(C)S(=O)(=O)c1ccc(-c2nnc(NC(=O)Cc3cccs3)o2)cc1. The predicted molar refractivity (Wildman–Crippen MR) is 98.7 cm³/mol. The summed E-state index contributed by atoms with van der Waals surface area (Å²) in [5.41, 5.74) is 0.568. The molecule has 26 heavy (non-hydrogen) atoms. The summed E-state index contributed by atoms with van der Waals surface area (Å²) in [5, 5.41) is 11.6. The summed E-state index contributed by atoms with van der Waals surface area (Å²) in [6.45, 7) is 3.26. The zero-order valence-electron chi connectivity index (χ0n) is 14.2. The van der Waals surface area contributed by atoms with Crippen molar-refractivity contribution >= 4 is 33.1 Å². The largest absolute Gasteiger partial charge is 0.403 e. The summed E-state index contributed by atoms with van der Waals surface area (Å²) < 4.78 is 29.7. The first-order valence-electron chi connectivity index (χ1n) is 7.86. The molecule has 0 unspecified atom stereocenters. The lowest BCUT2D eigenvalue weighted by Crippen LogP contribution is -2.13. The number of carbonyl (C=O) groups is 1. The predicted octanol–water partition coefficient (Wildman–Crippen LogP) is 3.16. The fourth-order valence-corrected chi connectivity index (χ4v) is 3.95. The zero-order chi connectivity index (χ0) is 18.7. The Morgan fingerprint density at radius 3 is 2.54 bits per heavy atom. The molecule has 1 N–H and O–H groups in total. The molecule has 0 spiro atoms. The van der Waals surface area contributed by atoms with E-state index in [0.717, 1.165) is 4.88 Å². The van der Waals surface area contributed by atoms with Gasteiger partial charge in [-0.2, -0.15) is 0 Å². The number of benzene rings is 1. The maximum absolute atomic E-state index is 12.1. The molecule has 0 aliphatic heterocycles. The van der Waals surface area contributed by atoms with Gasteiger partial charge < -0.3 is 4.42 Å². The summed E-state index contributed by atoms with van der Waals surface area (Å²) in [6.07, 6.45) is 0.233. The lowest BCUT2D eigenvalue weighted by atomic mass is 10.2. The van der Waals surface area contributed by atoms with Crippen LogP contribution < -0.4 is 5.32 Å². The van der Waals surface area contributed by atoms with E-state index in [0.29, 0.717) is 5.56 Å². The Bertz CT molecular complexity index is 991. The lowest BCUT2D eigenvalue weighted by molar-refractivity contribution is -0.115. The molecular weight excluding hydrogens is 374 g/mol. The molecule has 2 aromatic heterocycles. The van der Waals surface area contributed by atoms with E-state index >= 15 is 0 Å². The number of sulfone groups is 1. The highest BCUT2D eigenvalue weighted by molar-refractivity contribution is 7.92. The van der Waals surface area contributed by atoms with Crippen molar-refractivity contribution in [2.45, 2.75) is 30.4 Å². The van der Waals surface area contributed by atoms with E-state index in [-0.39, 0.29) is 29.1 Å². The number of carbonyl (C=O) groups excluding carboxylic acids is 1. The Labute approximate surface area is 155 Å². The molecule has 1 aromatic carbocycles. The number of aromatic nitrogens is 2. The molecule has 0 bridgehead atoms. The maximum Gasteiger partial charge on any atom is 0.322 e. The topological polar surface area (TPSA) is 102 Å². The van der Waals surface area contributed by atoms with Gasteiger partial charge in [0.25, 0.3) is 0 Å². The minimum absolute atomic E-state index is 0.000402. The number of hydrogen-bond acceptors (Lipinski definition) is 7. The normalized spacial score (nSPS) is 11.7. The standard InChI is InChI=1S/C17H17N3O4S2/c1-11(2)26(22,23)14-7-5-12(6-8-14)16-19-20-17(24-16)18-15(21)10-13-4-3-9-25-13/h3-9,11H,10H2,1-2H3,(H,18,20,21). The van der Waals surface area contributed by atoms with Crippen molar-refractivity contribution in [2.75, 3.05) is 5.32 Å². The number of nitrogens with one attached hydrogen (secondary N) is 1. The third-order valence-corrected chi connectivity index (χ3v) is 6.68. The molecule has 0 aliphatic carbocycles. The fraction of sp³-hybridized carbons (Fsp3) is 0.235. The van der Waals surface area contributed by atoms with Crippen LogP contribution in [0.5, 0.6) is 0 Å². The second-order valence-corrected chi connectivity index (χ2v) is 9.37. The van der Waals surface area contributed by atoms with E-state index in [4.69, 9.17) is 4.42 Å². The van der Waals surface area contributed by atoms with Gasteiger partial charge in [0.15, 0.2) is 9.84 Å². The van der Waals surface area contributed by atoms with E-state index in [9.17, 15) is 13.2 Å². The van der Waals surface area contributed by atoms with Crippen LogP contribution in [0.25, 0.3) is 11.5 Å². The van der Waals surface area contributed by atoms with Crippen LogP contribution in [0, 0.1) is 0 Å². The van der Waals surface area contributed by atoms with Gasteiger partial charge >= 0.3 is 6.01 Å². The summed E-state index contributed by atoms with van der Waals surface area (Å²) in [4.78, 5) is 13.1. The van der Waals surface area contributed by atoms with Gasteiger partial charge in [-0.05, 0) is 49.6 Å². The molecule has 1 amide bonds. The van der Waals surface area contributed by atoms with Gasteiger partial charge in [-0.3, -0.25) is 10.1 Å². The molecule has 3 aromatic rings. The average molecular weight is 391 g/mol. The van der Waals surface area contributed by atoms with E-state index in [1.165, 1.54) is 23.5 Å². The molecule has 0 radical (unpaired) electrons. The van der Waals surface area contributed by atoms with Crippen LogP contribution in [0.15, 0.2) is 51.1 Å². The summed E-state index contributed by atoms with van der Waals surface area (Å²) in [5.74, 6) is -0.0501. The number of nitrogens with zero attached hydrogens (tertiary/aromatic N) is 2. The smallest absolute Gasteiger partial charge is 0.322 e. The minimum atomic E-state index is -3.33. The van der Waals surface area contributed by atoms with Crippen LogP contribution >= 0.6 is 11.3 Å². The molecule has 136 valence electrons. The first-order valence-corrected chi connectivity index (χ1v) is 10.3. The summed E-state index contributed by atoms with van der Waals surface area (Å²) in [7, 11) is -3.33. The zero-order valence-corrected chi connectivity index (χ0v) is 15.8. The van der Waals surface area contributed by atoms with Crippen molar-refractivity contribution in [1.82, 2.24) is 10.2 Å². The highest BCUT2D eigenvalue weighted by Crippen LogP contribution is 2.23. The van der Waals surface area contributed by atoms with Crippen LogP contribution in [0.2, 0.25) is 0 Å². The molecule has 0 atom stereocenters. The van der Waals surface area contributed by atoms with Crippen molar-refractivity contribution in [1.29, 1.82) is 0 Å². The van der Waals surface area contributed by atoms with Crippen molar-refractivity contribution in [3.05, 3.63) is 46.7 Å². The second kappa shape index (κ2) is 7.38. The minimum Gasteiger partial charge on any atom is -0.403 e. The highest BCUT2D eigenvalue weighted by atomic mass is 32.2. The Kier molecular flexibility index (Phi) is 5.19. The van der Waals surface area contributed by atoms with Gasteiger partial charge in [0.05, 0.1) is 16.6 Å². The van der Waals surface area contributed by atoms with Gasteiger partial charge in [0.1, 0.15) is 0 Å². The Balaban J connectivity index is 1.70. The van der Waals surface area contributed by atoms with Crippen molar-refractivity contribution < 1.29 is 17.6 Å². The third-order valence-electron chi connectivity index (χ3n) is 3.64. The Hall–Kier alpha value is -2.52. The highest BCUT2D eigenvalue weighted by Gasteiger charge is 2.19. The van der Waals surface area contributed by atoms with Crippen LogP contribution in [-0.4, -0.2) is 29.8 Å². The van der Waals surface area contributed by atoms with Gasteiger partial charge in [-0.1, -0.05) is 11.2 Å². The van der Waals surface area contributed by atoms with Gasteiger partial charge in [0.2, 0.25) is 11.8 Å². The van der Waals surface area contributed by atoms with Gasteiger partial charge in [-0.25, -0.2) is 8.42 Å². The number of amides is 1. The molecule has 7 nitrogen and oxygen atoms in total. The first-order chi connectivity index (χ1) is 12.4. The maximum atomic E-state index is 12.1. The Morgan fingerprint density at radius 2 is 1.92 bits per heavy atom. The Morgan fingerprint density at radius 1 is 1.19 bits per heavy atom. The molecule has 0 fully saturated rings. The molecule has 3 rings (SSSR count). The van der Waals surface area contributed by atoms with E-state index < -0.39 is 15.1 Å². The molecular formula is C17H17N3O4S2. The molecule has 0 saturated carbocycles. The third kappa shape index (κ3) is 4.00. The van der Waals surface area contributed by atoms with Crippen molar-refractivity contribution in [3.63, 3.8) is 0 Å². The lowest BCUT2D eigenvalue weighted by Gasteiger charge is -2.07. The van der Waals surface area contributed by atoms with E-state index in [2.05, 4.69) is 15.5 Å². The summed E-state index contributed by atoms with van der Waals surface area (Å²) in [6, 6.07) is 9.95. The van der Waals surface area contributed by atoms with Gasteiger partial charge in [-0.15, -0.1) is 16.4 Å². The molecule has 0 aliphatic rings. The molecule has 2 heterocycles. The number of anilines is 1. The fourth-order valence-electron chi connectivity index (χ4n) is 2.18. The van der Waals surface area contributed by atoms with Crippen LogP contribution in [0.3, 0.4) is 0 Å². The van der Waals surface area contributed by atoms with Crippen LogP contribution in [-0.2, 0) is 21.1 Å². The molecule has 9 heteroatoms. The van der Waals surface area contributed by atoms with Crippen LogP contribution in [0.4, 0.5) is 6.01 Å². The average Bonchev–Trinajstić information content (AvgIpc) is 3.27. The number of thiophene rings is 1.